The van der Waals surface area contributed by atoms with Crippen LogP contribution in [0, 0.1) is 0 Å². The van der Waals surface area contributed by atoms with E-state index in [-0.39, 0.29) is 6.42 Å². The molecule has 0 radical (unpaired) electrons. The molecule has 16 heavy (non-hydrogen) atoms. The first-order chi connectivity index (χ1) is 7.81. The number of carbonyl (C=O) groups is 1. The zero-order valence-corrected chi connectivity index (χ0v) is 8.55. The summed E-state index contributed by atoms with van der Waals surface area (Å²) in [5, 5.41) is 4.14. The Morgan fingerprint density at radius 2 is 2.25 bits per heavy atom. The molecule has 1 aromatic carbocycles. The van der Waals surface area contributed by atoms with Gasteiger partial charge in [0, 0.05) is 28.4 Å². The van der Waals surface area contributed by atoms with E-state index in [0.29, 0.717) is 6.42 Å². The highest BCUT2D eigenvalue weighted by Gasteiger charge is 2.04. The molecule has 80 valence electrons. The Labute approximate surface area is 91.7 Å². The number of aromatic amines is 1. The smallest absolute Gasteiger partial charge is 0.219 e. The van der Waals surface area contributed by atoms with Crippen molar-refractivity contribution >= 4 is 16.8 Å². The van der Waals surface area contributed by atoms with E-state index >= 15 is 0 Å². The molecule has 0 aliphatic carbocycles. The molecular weight excluding hydrogens is 204 g/mol. The van der Waals surface area contributed by atoms with Crippen LogP contribution in [0.25, 0.3) is 21.3 Å². The van der Waals surface area contributed by atoms with Crippen molar-refractivity contribution in [3.63, 3.8) is 0 Å². The van der Waals surface area contributed by atoms with Crippen LogP contribution in [0.2, 0.25) is 0 Å². The fourth-order valence-corrected chi connectivity index (χ4v) is 1.68. The van der Waals surface area contributed by atoms with Crippen molar-refractivity contribution in [1.82, 2.24) is 4.98 Å². The maximum Gasteiger partial charge on any atom is 0.219 e. The largest absolute Gasteiger partial charge is 0.361 e. The number of carbonyl (C=O) groups excluding carboxylic acids is 1. The van der Waals surface area contributed by atoms with E-state index in [1.54, 1.807) is 0 Å². The Bertz CT molecular complexity index is 566. The van der Waals surface area contributed by atoms with Gasteiger partial charge < -0.3 is 4.98 Å². The second-order valence-electron chi connectivity index (χ2n) is 3.44. The Morgan fingerprint density at radius 1 is 1.44 bits per heavy atom. The lowest BCUT2D eigenvalue weighted by Gasteiger charge is -1.95. The molecule has 2 aromatic rings. The number of hydrogen-bond donors (Lipinski definition) is 1. The molecule has 0 aliphatic heterocycles. The van der Waals surface area contributed by atoms with Crippen LogP contribution in [0.5, 0.6) is 0 Å². The van der Waals surface area contributed by atoms with Gasteiger partial charge in [0.25, 0.3) is 0 Å². The van der Waals surface area contributed by atoms with E-state index in [2.05, 4.69) is 15.0 Å². The molecule has 1 N–H and O–H groups in total. The fourth-order valence-electron chi connectivity index (χ4n) is 1.68. The van der Waals surface area contributed by atoms with E-state index < -0.39 is 5.91 Å². The van der Waals surface area contributed by atoms with Gasteiger partial charge in [0.1, 0.15) is 0 Å². The predicted molar refractivity (Wildman–Crippen MR) is 60.8 cm³/mol. The third-order valence-corrected chi connectivity index (χ3v) is 2.44. The van der Waals surface area contributed by atoms with E-state index in [0.717, 1.165) is 16.5 Å². The lowest BCUT2D eigenvalue weighted by Crippen LogP contribution is -1.94. The van der Waals surface area contributed by atoms with Crippen LogP contribution in [-0.2, 0) is 11.2 Å². The number of azide groups is 1. The highest BCUT2D eigenvalue weighted by molar-refractivity contribution is 5.84. The highest BCUT2D eigenvalue weighted by Crippen LogP contribution is 2.18. The second kappa shape index (κ2) is 4.51. The minimum atomic E-state index is -0.423. The third kappa shape index (κ3) is 2.04. The Morgan fingerprint density at radius 3 is 3.06 bits per heavy atom. The van der Waals surface area contributed by atoms with Crippen LogP contribution >= 0.6 is 0 Å². The number of nitrogens with one attached hydrogen (secondary N) is 1. The van der Waals surface area contributed by atoms with Crippen molar-refractivity contribution in [3.8, 4) is 0 Å². The van der Waals surface area contributed by atoms with Gasteiger partial charge in [-0.2, -0.15) is 0 Å². The summed E-state index contributed by atoms with van der Waals surface area (Å²) < 4.78 is 0. The van der Waals surface area contributed by atoms with Gasteiger partial charge in [0.05, 0.1) is 0 Å². The number of amides is 1. The summed E-state index contributed by atoms with van der Waals surface area (Å²) in [4.78, 5) is 16.6. The van der Waals surface area contributed by atoms with Gasteiger partial charge in [-0.1, -0.05) is 18.2 Å². The van der Waals surface area contributed by atoms with E-state index in [9.17, 15) is 4.79 Å². The molecule has 0 unspecified atom stereocenters. The number of H-pyrrole nitrogens is 1. The first kappa shape index (κ1) is 10.3. The lowest BCUT2D eigenvalue weighted by molar-refractivity contribution is -0.117. The van der Waals surface area contributed by atoms with Crippen LogP contribution in [0.3, 0.4) is 0 Å². The van der Waals surface area contributed by atoms with E-state index in [1.165, 1.54) is 0 Å². The first-order valence-electron chi connectivity index (χ1n) is 4.94. The number of para-hydroxylation sites is 1. The van der Waals surface area contributed by atoms with E-state index in [4.69, 9.17) is 5.53 Å². The van der Waals surface area contributed by atoms with Gasteiger partial charge >= 0.3 is 0 Å². The summed E-state index contributed by atoms with van der Waals surface area (Å²) in [6.07, 6.45) is 2.71. The molecule has 0 saturated carbocycles. The summed E-state index contributed by atoms with van der Waals surface area (Å²) in [6.45, 7) is 0. The van der Waals surface area contributed by atoms with Crippen molar-refractivity contribution in [2.45, 2.75) is 12.8 Å². The molecule has 2 rings (SSSR count). The molecule has 1 heterocycles. The molecule has 5 heteroatoms. The second-order valence-corrected chi connectivity index (χ2v) is 3.44. The van der Waals surface area contributed by atoms with Gasteiger partial charge in [0.15, 0.2) is 0 Å². The summed E-state index contributed by atoms with van der Waals surface area (Å²) in [5.74, 6) is -0.423. The molecular formula is C11H10N4O. The number of benzene rings is 1. The monoisotopic (exact) mass is 214 g/mol. The molecule has 1 aromatic heterocycles. The Kier molecular flexibility index (Phi) is 2.89. The minimum absolute atomic E-state index is 0.242. The maximum atomic E-state index is 11.0. The van der Waals surface area contributed by atoms with Crippen LogP contribution in [0.1, 0.15) is 12.0 Å². The Balaban J connectivity index is 2.16. The average molecular weight is 214 g/mol. The zero-order chi connectivity index (χ0) is 11.4. The van der Waals surface area contributed by atoms with Gasteiger partial charge in [-0.15, -0.1) is 0 Å². The van der Waals surface area contributed by atoms with Crippen molar-refractivity contribution in [1.29, 1.82) is 0 Å². The molecule has 0 saturated heterocycles. The van der Waals surface area contributed by atoms with Gasteiger partial charge in [0.2, 0.25) is 5.91 Å². The van der Waals surface area contributed by atoms with Crippen LogP contribution < -0.4 is 0 Å². The summed E-state index contributed by atoms with van der Waals surface area (Å²) in [7, 11) is 0. The molecule has 1 amide bonds. The third-order valence-electron chi connectivity index (χ3n) is 2.44. The van der Waals surface area contributed by atoms with Crippen molar-refractivity contribution < 1.29 is 4.79 Å². The van der Waals surface area contributed by atoms with Crippen molar-refractivity contribution in [3.05, 3.63) is 46.5 Å². The highest BCUT2D eigenvalue weighted by atomic mass is 16.1. The van der Waals surface area contributed by atoms with Crippen LogP contribution in [0.15, 0.2) is 35.6 Å². The maximum absolute atomic E-state index is 11.0. The summed E-state index contributed by atoms with van der Waals surface area (Å²) in [5.41, 5.74) is 10.2. The SMILES string of the molecule is [N-]=[N+]=NC(=O)CCc1c[nH]c2ccccc12. The van der Waals surface area contributed by atoms with Gasteiger partial charge in [-0.3, -0.25) is 4.79 Å². The number of nitrogens with zero attached hydrogens (tertiary/aromatic N) is 3. The fraction of sp³-hybridized carbons (Fsp3) is 0.182. The van der Waals surface area contributed by atoms with Crippen molar-refractivity contribution in [2.75, 3.05) is 0 Å². The molecule has 0 fully saturated rings. The lowest BCUT2D eigenvalue weighted by atomic mass is 10.1. The van der Waals surface area contributed by atoms with Crippen LogP contribution in [0.4, 0.5) is 0 Å². The number of aryl methyl sites for hydroxylation is 1. The van der Waals surface area contributed by atoms with Gasteiger partial charge in [-0.25, -0.2) is 0 Å². The molecule has 0 aliphatic rings. The normalized spacial score (nSPS) is 10.0. The van der Waals surface area contributed by atoms with Crippen molar-refractivity contribution in [2.24, 2.45) is 5.11 Å². The molecule has 0 bridgehead atoms. The predicted octanol–water partition coefficient (Wildman–Crippen LogP) is 2.94. The summed E-state index contributed by atoms with van der Waals surface area (Å²) >= 11 is 0. The topological polar surface area (TPSA) is 81.6 Å². The number of aromatic nitrogens is 1. The minimum Gasteiger partial charge on any atom is -0.361 e. The quantitative estimate of drug-likeness (QED) is 0.475. The number of hydrogen-bond acceptors (Lipinski definition) is 1. The number of fused-ring (bicyclic) bond motifs is 1. The first-order valence-corrected chi connectivity index (χ1v) is 4.94. The standard InChI is InChI=1S/C11H10N4O/c12-15-14-11(16)6-5-8-7-13-10-4-2-1-3-9(8)10/h1-4,7,13H,5-6H2. The van der Waals surface area contributed by atoms with Crippen LogP contribution in [-0.4, -0.2) is 10.9 Å². The average Bonchev–Trinajstić information content (AvgIpc) is 2.70. The van der Waals surface area contributed by atoms with Gasteiger partial charge in [-0.05, 0) is 28.7 Å². The molecule has 0 spiro atoms. The zero-order valence-electron chi connectivity index (χ0n) is 8.55. The number of rotatable bonds is 3. The molecule has 0 atom stereocenters. The van der Waals surface area contributed by atoms with E-state index in [1.807, 2.05) is 30.5 Å². The summed E-state index contributed by atoms with van der Waals surface area (Å²) in [6, 6.07) is 7.88. The molecule has 5 nitrogen and oxygen atoms in total. The Hall–Kier alpha value is -2.26.